The van der Waals surface area contributed by atoms with Crippen LogP contribution in [0.15, 0.2) is 60.7 Å². The fourth-order valence-corrected chi connectivity index (χ4v) is 2.22. The normalized spacial score (nSPS) is 11.4. The molecule has 0 unspecified atom stereocenters. The fraction of sp³-hybridized carbons (Fsp3) is 0.286. The molecule has 0 spiro atoms. The maximum atomic E-state index is 12.6. The lowest BCUT2D eigenvalue weighted by atomic mass is 10.2. The highest BCUT2D eigenvalue weighted by Crippen LogP contribution is 2.22. The summed E-state index contributed by atoms with van der Waals surface area (Å²) in [7, 11) is 1.61. The maximum Gasteiger partial charge on any atom is 0.415 e. The quantitative estimate of drug-likeness (QED) is 0.756. The monoisotopic (exact) mass is 339 g/mol. The molecule has 0 bridgehead atoms. The average molecular weight is 339 g/mol. The first-order valence-electron chi connectivity index (χ1n) is 8.25. The van der Waals surface area contributed by atoms with Gasteiger partial charge in [-0.2, -0.15) is 0 Å². The first-order chi connectivity index (χ1) is 11.9. The summed E-state index contributed by atoms with van der Waals surface area (Å²) >= 11 is 0. The van der Waals surface area contributed by atoms with Crippen LogP contribution in [0.5, 0.6) is 5.75 Å². The zero-order valence-electron chi connectivity index (χ0n) is 15.2. The standard InChI is InChI=1S/C21H25NO3/c1-21(2,3)25-20(23)22(18-12-14-19(24-4)15-13-18)16-8-11-17-9-6-5-7-10-17/h5-15H,16H2,1-4H3/b11-8+. The van der Waals surface area contributed by atoms with Gasteiger partial charge in [-0.15, -0.1) is 0 Å². The summed E-state index contributed by atoms with van der Waals surface area (Å²) in [6.45, 7) is 5.99. The number of hydrogen-bond acceptors (Lipinski definition) is 3. The predicted octanol–water partition coefficient (Wildman–Crippen LogP) is 5.15. The largest absolute Gasteiger partial charge is 0.497 e. The highest BCUT2D eigenvalue weighted by Gasteiger charge is 2.22. The number of amides is 1. The van der Waals surface area contributed by atoms with Gasteiger partial charge in [0, 0.05) is 12.2 Å². The summed E-state index contributed by atoms with van der Waals surface area (Å²) in [5, 5.41) is 0. The van der Waals surface area contributed by atoms with Gasteiger partial charge in [0.2, 0.25) is 0 Å². The molecule has 2 aromatic carbocycles. The fourth-order valence-electron chi connectivity index (χ4n) is 2.22. The Morgan fingerprint density at radius 2 is 1.68 bits per heavy atom. The van der Waals surface area contributed by atoms with Gasteiger partial charge in [0.25, 0.3) is 0 Å². The van der Waals surface area contributed by atoms with Gasteiger partial charge in [0.1, 0.15) is 11.4 Å². The Hall–Kier alpha value is -2.75. The maximum absolute atomic E-state index is 12.6. The molecule has 25 heavy (non-hydrogen) atoms. The Morgan fingerprint density at radius 3 is 2.24 bits per heavy atom. The molecule has 132 valence electrons. The molecule has 0 radical (unpaired) electrons. The van der Waals surface area contributed by atoms with Crippen LogP contribution in [0, 0.1) is 0 Å². The van der Waals surface area contributed by atoms with Crippen LogP contribution in [0.1, 0.15) is 26.3 Å². The van der Waals surface area contributed by atoms with Crippen molar-refractivity contribution in [2.45, 2.75) is 26.4 Å². The molecule has 0 fully saturated rings. The first-order valence-corrected chi connectivity index (χ1v) is 8.25. The van der Waals surface area contributed by atoms with E-state index in [-0.39, 0.29) is 6.09 Å². The van der Waals surface area contributed by atoms with Gasteiger partial charge in [0.05, 0.1) is 7.11 Å². The van der Waals surface area contributed by atoms with E-state index < -0.39 is 5.60 Å². The highest BCUT2D eigenvalue weighted by molar-refractivity contribution is 5.88. The lowest BCUT2D eigenvalue weighted by Gasteiger charge is -2.26. The molecular weight excluding hydrogens is 314 g/mol. The number of hydrogen-bond donors (Lipinski definition) is 0. The number of carbonyl (C=O) groups is 1. The second-order valence-electron chi connectivity index (χ2n) is 6.60. The molecule has 0 N–H and O–H groups in total. The van der Waals surface area contributed by atoms with Gasteiger partial charge < -0.3 is 9.47 Å². The van der Waals surface area contributed by atoms with E-state index in [2.05, 4.69) is 0 Å². The Labute approximate surface area is 149 Å². The molecule has 0 atom stereocenters. The number of carbonyl (C=O) groups excluding carboxylic acids is 1. The summed E-state index contributed by atoms with van der Waals surface area (Å²) in [4.78, 5) is 14.2. The zero-order chi connectivity index (χ0) is 18.3. The van der Waals surface area contributed by atoms with E-state index in [1.54, 1.807) is 12.0 Å². The van der Waals surface area contributed by atoms with E-state index in [0.29, 0.717) is 6.54 Å². The minimum atomic E-state index is -0.551. The van der Waals surface area contributed by atoms with E-state index in [4.69, 9.17) is 9.47 Å². The van der Waals surface area contributed by atoms with Crippen LogP contribution in [0.25, 0.3) is 6.08 Å². The highest BCUT2D eigenvalue weighted by atomic mass is 16.6. The third-order valence-electron chi connectivity index (χ3n) is 3.40. The molecule has 2 rings (SSSR count). The number of methoxy groups -OCH3 is 1. The van der Waals surface area contributed by atoms with Gasteiger partial charge in [0.15, 0.2) is 0 Å². The molecule has 4 nitrogen and oxygen atoms in total. The summed E-state index contributed by atoms with van der Waals surface area (Å²) < 4.78 is 10.7. The topological polar surface area (TPSA) is 38.8 Å². The Balaban J connectivity index is 2.18. The van der Waals surface area contributed by atoms with Crippen molar-refractivity contribution in [3.05, 3.63) is 66.2 Å². The minimum Gasteiger partial charge on any atom is -0.497 e. The van der Waals surface area contributed by atoms with Gasteiger partial charge in [-0.05, 0) is 50.6 Å². The number of benzene rings is 2. The van der Waals surface area contributed by atoms with Gasteiger partial charge in [-0.25, -0.2) is 4.79 Å². The molecular formula is C21H25NO3. The van der Waals surface area contributed by atoms with Crippen molar-refractivity contribution in [2.24, 2.45) is 0 Å². The minimum absolute atomic E-state index is 0.379. The van der Waals surface area contributed by atoms with Gasteiger partial charge in [-0.1, -0.05) is 42.5 Å². The number of nitrogens with zero attached hydrogens (tertiary/aromatic N) is 1. The second kappa shape index (κ2) is 8.38. The van der Waals surface area contributed by atoms with Crippen LogP contribution >= 0.6 is 0 Å². The number of ether oxygens (including phenoxy) is 2. The SMILES string of the molecule is COc1ccc(N(C/C=C/c2ccccc2)C(=O)OC(C)(C)C)cc1. The van der Waals surface area contributed by atoms with Crippen LogP contribution in [0.4, 0.5) is 10.5 Å². The van der Waals surface area contributed by atoms with Crippen molar-refractivity contribution in [3.63, 3.8) is 0 Å². The van der Waals surface area contributed by atoms with Crippen molar-refractivity contribution < 1.29 is 14.3 Å². The smallest absolute Gasteiger partial charge is 0.415 e. The van der Waals surface area contributed by atoms with E-state index in [1.165, 1.54) is 0 Å². The molecule has 0 aliphatic heterocycles. The van der Waals surface area contributed by atoms with Crippen molar-refractivity contribution >= 4 is 17.9 Å². The van der Waals surface area contributed by atoms with Crippen molar-refractivity contribution in [2.75, 3.05) is 18.6 Å². The third-order valence-corrected chi connectivity index (χ3v) is 3.40. The zero-order valence-corrected chi connectivity index (χ0v) is 15.2. The summed E-state index contributed by atoms with van der Waals surface area (Å²) in [6, 6.07) is 17.3. The third kappa shape index (κ3) is 5.99. The second-order valence-corrected chi connectivity index (χ2v) is 6.60. The van der Waals surface area contributed by atoms with Crippen molar-refractivity contribution in [3.8, 4) is 5.75 Å². The van der Waals surface area contributed by atoms with E-state index >= 15 is 0 Å². The van der Waals surface area contributed by atoms with Crippen LogP contribution in [0.2, 0.25) is 0 Å². The molecule has 0 saturated carbocycles. The molecule has 0 aliphatic carbocycles. The van der Waals surface area contributed by atoms with Crippen LogP contribution in [-0.4, -0.2) is 25.3 Å². The molecule has 4 heteroatoms. The molecule has 0 aromatic heterocycles. The Bertz CT molecular complexity index is 700. The van der Waals surface area contributed by atoms with Crippen molar-refractivity contribution in [1.29, 1.82) is 0 Å². The lowest BCUT2D eigenvalue weighted by molar-refractivity contribution is 0.0584. The van der Waals surface area contributed by atoms with E-state index in [9.17, 15) is 4.79 Å². The summed E-state index contributed by atoms with van der Waals surface area (Å²) in [6.07, 6.45) is 3.56. The van der Waals surface area contributed by atoms with Gasteiger partial charge in [-0.3, -0.25) is 4.90 Å². The predicted molar refractivity (Wildman–Crippen MR) is 102 cm³/mol. The van der Waals surface area contributed by atoms with Crippen LogP contribution < -0.4 is 9.64 Å². The molecule has 0 aliphatic rings. The lowest BCUT2D eigenvalue weighted by Crippen LogP contribution is -2.37. The summed E-state index contributed by atoms with van der Waals surface area (Å²) in [5.74, 6) is 0.743. The van der Waals surface area contributed by atoms with Crippen LogP contribution in [0.3, 0.4) is 0 Å². The molecule has 0 saturated heterocycles. The van der Waals surface area contributed by atoms with E-state index in [1.807, 2.05) is 87.5 Å². The van der Waals surface area contributed by atoms with Crippen LogP contribution in [-0.2, 0) is 4.74 Å². The molecule has 2 aromatic rings. The molecule has 1 amide bonds. The first kappa shape index (κ1) is 18.6. The molecule has 0 heterocycles. The average Bonchev–Trinajstić information content (AvgIpc) is 2.58. The Morgan fingerprint density at radius 1 is 1.04 bits per heavy atom. The Kier molecular flexibility index (Phi) is 6.23. The van der Waals surface area contributed by atoms with Gasteiger partial charge >= 0.3 is 6.09 Å². The number of anilines is 1. The van der Waals surface area contributed by atoms with Crippen molar-refractivity contribution in [1.82, 2.24) is 0 Å². The van der Waals surface area contributed by atoms with E-state index in [0.717, 1.165) is 17.0 Å². The number of rotatable bonds is 5. The summed E-state index contributed by atoms with van der Waals surface area (Å²) in [5.41, 5.74) is 1.29.